The molecule has 3 rings (SSSR count). The van der Waals surface area contributed by atoms with Crippen molar-refractivity contribution in [2.24, 2.45) is 5.92 Å². The third kappa shape index (κ3) is 2.97. The number of methoxy groups -OCH3 is 1. The normalized spacial score (nSPS) is 21.4. The molecule has 0 saturated carbocycles. The van der Waals surface area contributed by atoms with Gasteiger partial charge in [0.1, 0.15) is 5.54 Å². The number of benzene rings is 1. The van der Waals surface area contributed by atoms with Gasteiger partial charge in [0.05, 0.1) is 19.2 Å². The van der Waals surface area contributed by atoms with Crippen LogP contribution in [0.15, 0.2) is 24.3 Å². The number of rotatable bonds is 3. The first-order valence-corrected chi connectivity index (χ1v) is 9.01. The summed E-state index contributed by atoms with van der Waals surface area (Å²) in [6.07, 6.45) is 0.244. The number of fused-ring (bicyclic) bond motifs is 3. The zero-order chi connectivity index (χ0) is 19.8. The summed E-state index contributed by atoms with van der Waals surface area (Å²) in [5, 5.41) is 3.69. The van der Waals surface area contributed by atoms with Crippen molar-refractivity contribution in [1.29, 1.82) is 0 Å². The van der Waals surface area contributed by atoms with Crippen LogP contribution in [0, 0.1) is 5.92 Å². The average molecular weight is 372 g/mol. The lowest BCUT2D eigenvalue weighted by molar-refractivity contribution is -0.153. The van der Waals surface area contributed by atoms with E-state index < -0.39 is 17.6 Å². The number of amides is 1. The van der Waals surface area contributed by atoms with Crippen LogP contribution >= 0.6 is 0 Å². The standard InChI is InChI=1S/C20H24N2O5/c1-5-27-19(25)22-16-9-7-6-8-14(16)15-11-20(18(24)26-4,21-13(3)23)12(2)10-17(15)22/h6-9,12H,5,10-11H2,1-4H3,(H,21,23)/t12-,20-/m0/s1. The summed E-state index contributed by atoms with van der Waals surface area (Å²) >= 11 is 0. The molecule has 0 saturated heterocycles. The van der Waals surface area contributed by atoms with Gasteiger partial charge in [0.2, 0.25) is 5.91 Å². The second-order valence-electron chi connectivity index (χ2n) is 6.90. The Morgan fingerprint density at radius 1 is 1.30 bits per heavy atom. The lowest BCUT2D eigenvalue weighted by Crippen LogP contribution is -2.62. The monoisotopic (exact) mass is 372 g/mol. The molecule has 1 N–H and O–H groups in total. The molecule has 0 unspecified atom stereocenters. The van der Waals surface area contributed by atoms with E-state index in [4.69, 9.17) is 9.47 Å². The van der Waals surface area contributed by atoms with Gasteiger partial charge in [-0.1, -0.05) is 25.1 Å². The molecular weight excluding hydrogens is 348 g/mol. The van der Waals surface area contributed by atoms with Gasteiger partial charge < -0.3 is 14.8 Å². The van der Waals surface area contributed by atoms with Crippen molar-refractivity contribution in [2.45, 2.75) is 39.2 Å². The van der Waals surface area contributed by atoms with Gasteiger partial charge in [-0.25, -0.2) is 14.2 Å². The maximum Gasteiger partial charge on any atom is 0.418 e. The Hall–Kier alpha value is -2.83. The van der Waals surface area contributed by atoms with Crippen LogP contribution in [0.3, 0.4) is 0 Å². The predicted molar refractivity (Wildman–Crippen MR) is 99.5 cm³/mol. The number of aromatic nitrogens is 1. The molecule has 0 radical (unpaired) electrons. The summed E-state index contributed by atoms with van der Waals surface area (Å²) in [5.74, 6) is -1.05. The fourth-order valence-electron chi connectivity index (χ4n) is 4.07. The topological polar surface area (TPSA) is 86.6 Å². The van der Waals surface area contributed by atoms with Crippen LogP contribution in [0.5, 0.6) is 0 Å². The first-order valence-electron chi connectivity index (χ1n) is 9.01. The van der Waals surface area contributed by atoms with Crippen LogP contribution in [0.2, 0.25) is 0 Å². The molecule has 27 heavy (non-hydrogen) atoms. The highest BCUT2D eigenvalue weighted by Crippen LogP contribution is 2.40. The molecule has 1 heterocycles. The first-order chi connectivity index (χ1) is 12.9. The highest BCUT2D eigenvalue weighted by Gasteiger charge is 2.50. The van der Waals surface area contributed by atoms with Crippen molar-refractivity contribution in [3.05, 3.63) is 35.5 Å². The number of carbonyl (C=O) groups is 3. The van der Waals surface area contributed by atoms with Crippen molar-refractivity contribution in [1.82, 2.24) is 9.88 Å². The zero-order valence-electron chi connectivity index (χ0n) is 16.0. The minimum Gasteiger partial charge on any atom is -0.467 e. The Balaban J connectivity index is 2.23. The van der Waals surface area contributed by atoms with Crippen molar-refractivity contribution in [3.8, 4) is 0 Å². The fraction of sp³-hybridized carbons (Fsp3) is 0.450. The lowest BCUT2D eigenvalue weighted by Gasteiger charge is -2.40. The predicted octanol–water partition coefficient (Wildman–Crippen LogP) is 2.43. The van der Waals surface area contributed by atoms with Gasteiger partial charge >= 0.3 is 12.1 Å². The van der Waals surface area contributed by atoms with Gasteiger partial charge in [-0.2, -0.15) is 0 Å². The van der Waals surface area contributed by atoms with E-state index in [-0.39, 0.29) is 24.9 Å². The molecule has 144 valence electrons. The van der Waals surface area contributed by atoms with E-state index in [1.807, 2.05) is 31.2 Å². The highest BCUT2D eigenvalue weighted by molar-refractivity contribution is 5.96. The van der Waals surface area contributed by atoms with Gasteiger partial charge in [0, 0.05) is 24.4 Å². The third-order valence-corrected chi connectivity index (χ3v) is 5.28. The van der Waals surface area contributed by atoms with Crippen molar-refractivity contribution in [3.63, 3.8) is 0 Å². The summed E-state index contributed by atoms with van der Waals surface area (Å²) in [7, 11) is 1.32. The lowest BCUT2D eigenvalue weighted by atomic mass is 9.72. The van der Waals surface area contributed by atoms with E-state index >= 15 is 0 Å². The van der Waals surface area contributed by atoms with Crippen LogP contribution in [0.4, 0.5) is 4.79 Å². The summed E-state index contributed by atoms with van der Waals surface area (Å²) in [4.78, 5) is 37.2. The summed E-state index contributed by atoms with van der Waals surface area (Å²) in [6.45, 7) is 5.29. The van der Waals surface area contributed by atoms with Gasteiger partial charge in [-0.3, -0.25) is 4.79 Å². The summed E-state index contributed by atoms with van der Waals surface area (Å²) in [6, 6.07) is 7.51. The fourth-order valence-corrected chi connectivity index (χ4v) is 4.07. The molecule has 0 bridgehead atoms. The molecule has 1 aliphatic carbocycles. The van der Waals surface area contributed by atoms with Crippen LogP contribution in [0.1, 0.15) is 32.0 Å². The van der Waals surface area contributed by atoms with Crippen molar-refractivity contribution >= 4 is 28.9 Å². The minimum atomic E-state index is -1.17. The number of hydrogen-bond donors (Lipinski definition) is 1. The third-order valence-electron chi connectivity index (χ3n) is 5.28. The van der Waals surface area contributed by atoms with Gasteiger partial charge in [-0.15, -0.1) is 0 Å². The average Bonchev–Trinajstić information content (AvgIpc) is 2.94. The second kappa shape index (κ2) is 7.06. The molecule has 2 atom stereocenters. The Bertz CT molecular complexity index is 916. The first kappa shape index (κ1) is 18.9. The van der Waals surface area contributed by atoms with Crippen LogP contribution < -0.4 is 5.32 Å². The quantitative estimate of drug-likeness (QED) is 0.836. The number of carbonyl (C=O) groups excluding carboxylic acids is 3. The van der Waals surface area contributed by atoms with Gasteiger partial charge in [-0.05, 0) is 30.9 Å². The van der Waals surface area contributed by atoms with E-state index in [0.717, 1.165) is 22.2 Å². The number of nitrogens with one attached hydrogen (secondary N) is 1. The Morgan fingerprint density at radius 3 is 2.63 bits per heavy atom. The molecule has 7 heteroatoms. The smallest absolute Gasteiger partial charge is 0.418 e. The van der Waals surface area contributed by atoms with E-state index in [2.05, 4.69) is 5.32 Å². The van der Waals surface area contributed by atoms with E-state index in [0.29, 0.717) is 6.42 Å². The molecule has 1 amide bonds. The Morgan fingerprint density at radius 2 is 2.00 bits per heavy atom. The molecule has 1 aliphatic rings. The molecular formula is C20H24N2O5. The van der Waals surface area contributed by atoms with Gasteiger partial charge in [0.15, 0.2) is 0 Å². The molecule has 0 spiro atoms. The molecule has 0 fully saturated rings. The van der Waals surface area contributed by atoms with Crippen LogP contribution in [-0.4, -0.2) is 41.8 Å². The Labute approximate surface area is 157 Å². The summed E-state index contributed by atoms with van der Waals surface area (Å²) in [5.41, 5.74) is 1.23. The van der Waals surface area contributed by atoms with Crippen LogP contribution in [-0.2, 0) is 31.9 Å². The van der Waals surface area contributed by atoms with Gasteiger partial charge in [0.25, 0.3) is 0 Å². The Kier molecular flexibility index (Phi) is 4.95. The number of esters is 1. The SMILES string of the molecule is CCOC(=O)n1c2c(c3ccccc31)C[C@@](NC(C)=O)(C(=O)OC)[C@@H](C)C2. The number of para-hydroxylation sites is 1. The number of nitrogens with zero attached hydrogens (tertiary/aromatic N) is 1. The van der Waals surface area contributed by atoms with Crippen molar-refractivity contribution < 1.29 is 23.9 Å². The van der Waals surface area contributed by atoms with E-state index in [1.165, 1.54) is 14.0 Å². The number of ether oxygens (including phenoxy) is 2. The molecule has 0 aliphatic heterocycles. The van der Waals surface area contributed by atoms with E-state index in [1.54, 1.807) is 11.5 Å². The van der Waals surface area contributed by atoms with Crippen molar-refractivity contribution in [2.75, 3.05) is 13.7 Å². The highest BCUT2D eigenvalue weighted by atomic mass is 16.5. The molecule has 2 aromatic rings. The largest absolute Gasteiger partial charge is 0.467 e. The molecule has 7 nitrogen and oxygen atoms in total. The maximum absolute atomic E-state index is 12.7. The number of hydrogen-bond acceptors (Lipinski definition) is 5. The van der Waals surface area contributed by atoms with Crippen LogP contribution in [0.25, 0.3) is 10.9 Å². The zero-order valence-corrected chi connectivity index (χ0v) is 16.0. The molecule has 1 aromatic heterocycles. The second-order valence-corrected chi connectivity index (χ2v) is 6.90. The van der Waals surface area contributed by atoms with E-state index in [9.17, 15) is 14.4 Å². The summed E-state index contributed by atoms with van der Waals surface area (Å²) < 4.78 is 11.9. The minimum absolute atomic E-state index is 0.253. The molecule has 1 aromatic carbocycles. The maximum atomic E-state index is 12.7.